The molecular weight excluding hydrogens is 348 g/mol. The molecule has 26 heavy (non-hydrogen) atoms. The van der Waals surface area contributed by atoms with Gasteiger partial charge in [0.2, 0.25) is 0 Å². The van der Waals surface area contributed by atoms with Gasteiger partial charge in [0, 0.05) is 31.3 Å². The van der Waals surface area contributed by atoms with Crippen molar-refractivity contribution in [2.45, 2.75) is 37.8 Å². The zero-order chi connectivity index (χ0) is 18.8. The predicted octanol–water partition coefficient (Wildman–Crippen LogP) is 3.96. The molecule has 0 radical (unpaired) electrons. The molecule has 1 saturated heterocycles. The van der Waals surface area contributed by atoms with Crippen molar-refractivity contribution >= 4 is 17.9 Å². The third-order valence-corrected chi connectivity index (χ3v) is 5.19. The Morgan fingerprint density at radius 3 is 2.62 bits per heavy atom. The zero-order valence-electron chi connectivity index (χ0n) is 15.8. The number of ether oxygens (including phenoxy) is 1. The number of halogens is 1. The summed E-state index contributed by atoms with van der Waals surface area (Å²) < 4.78 is 6.04. The van der Waals surface area contributed by atoms with Crippen molar-refractivity contribution in [3.8, 4) is 0 Å². The van der Waals surface area contributed by atoms with Gasteiger partial charge in [0.25, 0.3) is 0 Å². The van der Waals surface area contributed by atoms with Gasteiger partial charge in [0.1, 0.15) is 6.29 Å². The van der Waals surface area contributed by atoms with E-state index < -0.39 is 0 Å². The highest BCUT2D eigenvalue weighted by Crippen LogP contribution is 2.25. The molecule has 1 aliphatic heterocycles. The first-order valence-corrected chi connectivity index (χ1v) is 9.87. The average Bonchev–Trinajstić information content (AvgIpc) is 2.65. The standard InChI is InChI=1S/C21H31ClN2O2/c1-3-12-23(2)13-4-5-16-26-20-10-14-24(15-11-20)21(17-25)18-6-8-19(22)9-7-18/h3,6-9,17,20-21H,1,4-5,10-16H2,2H3. The normalized spacial score (nSPS) is 17.3. The van der Waals surface area contributed by atoms with Crippen LogP contribution in [0.3, 0.4) is 0 Å². The molecule has 1 fully saturated rings. The number of hydrogen-bond acceptors (Lipinski definition) is 4. The molecule has 4 nitrogen and oxygen atoms in total. The lowest BCUT2D eigenvalue weighted by Gasteiger charge is -2.35. The van der Waals surface area contributed by atoms with Crippen molar-refractivity contribution < 1.29 is 9.53 Å². The maximum atomic E-state index is 11.6. The summed E-state index contributed by atoms with van der Waals surface area (Å²) in [5.74, 6) is 0. The number of likely N-dealkylation sites (tertiary alicyclic amines) is 1. The molecule has 1 aliphatic rings. The summed E-state index contributed by atoms with van der Waals surface area (Å²) in [6.45, 7) is 8.37. The molecule has 1 aromatic carbocycles. The monoisotopic (exact) mass is 378 g/mol. The van der Waals surface area contributed by atoms with Crippen molar-refractivity contribution in [2.24, 2.45) is 0 Å². The van der Waals surface area contributed by atoms with E-state index in [1.807, 2.05) is 30.3 Å². The lowest BCUT2D eigenvalue weighted by atomic mass is 10.0. The second kappa shape index (κ2) is 11.5. The first-order chi connectivity index (χ1) is 12.6. The van der Waals surface area contributed by atoms with Gasteiger partial charge in [-0.15, -0.1) is 6.58 Å². The van der Waals surface area contributed by atoms with Crippen LogP contribution < -0.4 is 0 Å². The van der Waals surface area contributed by atoms with Crippen LogP contribution in [0.2, 0.25) is 5.02 Å². The minimum atomic E-state index is -0.186. The van der Waals surface area contributed by atoms with Crippen LogP contribution in [0.4, 0.5) is 0 Å². The van der Waals surface area contributed by atoms with Gasteiger partial charge in [-0.05, 0) is 57.0 Å². The summed E-state index contributed by atoms with van der Waals surface area (Å²) in [5, 5.41) is 0.696. The van der Waals surface area contributed by atoms with E-state index in [-0.39, 0.29) is 6.04 Å². The number of rotatable bonds is 11. The Morgan fingerprint density at radius 2 is 2.00 bits per heavy atom. The summed E-state index contributed by atoms with van der Waals surface area (Å²) >= 11 is 5.94. The Bertz CT molecular complexity index is 541. The van der Waals surface area contributed by atoms with Gasteiger partial charge >= 0.3 is 0 Å². The van der Waals surface area contributed by atoms with E-state index in [1.54, 1.807) is 0 Å². The molecule has 1 atom stereocenters. The molecule has 0 aromatic heterocycles. The number of benzene rings is 1. The number of aldehydes is 1. The van der Waals surface area contributed by atoms with Gasteiger partial charge < -0.3 is 14.4 Å². The van der Waals surface area contributed by atoms with E-state index >= 15 is 0 Å². The molecule has 144 valence electrons. The van der Waals surface area contributed by atoms with Crippen LogP contribution in [0.25, 0.3) is 0 Å². The van der Waals surface area contributed by atoms with Crippen LogP contribution in [0, 0.1) is 0 Å². The summed E-state index contributed by atoms with van der Waals surface area (Å²) in [7, 11) is 2.11. The van der Waals surface area contributed by atoms with E-state index in [1.165, 1.54) is 0 Å². The second-order valence-electron chi connectivity index (χ2n) is 7.00. The molecule has 1 heterocycles. The quantitative estimate of drug-likeness (QED) is 0.331. The maximum absolute atomic E-state index is 11.6. The molecule has 0 N–H and O–H groups in total. The minimum absolute atomic E-state index is 0.186. The summed E-state index contributed by atoms with van der Waals surface area (Å²) in [4.78, 5) is 16.1. The van der Waals surface area contributed by atoms with Crippen LogP contribution in [-0.2, 0) is 9.53 Å². The molecule has 1 unspecified atom stereocenters. The summed E-state index contributed by atoms with van der Waals surface area (Å²) in [5.41, 5.74) is 1.01. The van der Waals surface area contributed by atoms with Gasteiger partial charge in [0.05, 0.1) is 12.1 Å². The van der Waals surface area contributed by atoms with Crippen molar-refractivity contribution in [3.63, 3.8) is 0 Å². The predicted molar refractivity (Wildman–Crippen MR) is 108 cm³/mol. The van der Waals surface area contributed by atoms with Crippen molar-refractivity contribution in [1.82, 2.24) is 9.80 Å². The van der Waals surface area contributed by atoms with E-state index in [2.05, 4.69) is 23.4 Å². The fraction of sp³-hybridized carbons (Fsp3) is 0.571. The van der Waals surface area contributed by atoms with Crippen LogP contribution in [0.1, 0.15) is 37.3 Å². The Labute approximate surface area is 162 Å². The number of hydrogen-bond donors (Lipinski definition) is 0. The first-order valence-electron chi connectivity index (χ1n) is 9.50. The van der Waals surface area contributed by atoms with Crippen LogP contribution in [0.15, 0.2) is 36.9 Å². The molecule has 0 saturated carbocycles. The van der Waals surface area contributed by atoms with Crippen LogP contribution in [-0.4, -0.2) is 62.0 Å². The summed E-state index contributed by atoms with van der Waals surface area (Å²) in [6, 6.07) is 7.38. The van der Waals surface area contributed by atoms with E-state index in [0.29, 0.717) is 11.1 Å². The number of carbonyl (C=O) groups is 1. The molecule has 5 heteroatoms. The number of unbranched alkanes of at least 4 members (excludes halogenated alkanes) is 1. The Balaban J connectivity index is 1.67. The van der Waals surface area contributed by atoms with E-state index in [9.17, 15) is 4.79 Å². The third-order valence-electron chi connectivity index (χ3n) is 4.94. The Hall–Kier alpha value is -1.20. The molecular formula is C21H31ClN2O2. The van der Waals surface area contributed by atoms with Gasteiger partial charge in [-0.25, -0.2) is 0 Å². The Kier molecular flexibility index (Phi) is 9.33. The Morgan fingerprint density at radius 1 is 1.31 bits per heavy atom. The third kappa shape index (κ3) is 6.84. The average molecular weight is 379 g/mol. The van der Waals surface area contributed by atoms with Gasteiger partial charge in [-0.1, -0.05) is 29.8 Å². The highest BCUT2D eigenvalue weighted by atomic mass is 35.5. The van der Waals surface area contributed by atoms with Crippen molar-refractivity contribution in [1.29, 1.82) is 0 Å². The van der Waals surface area contributed by atoms with Crippen molar-refractivity contribution in [3.05, 3.63) is 47.5 Å². The SMILES string of the molecule is C=CCN(C)CCCCOC1CCN(C(C=O)c2ccc(Cl)cc2)CC1. The molecule has 0 bridgehead atoms. The number of piperidine rings is 1. The lowest BCUT2D eigenvalue weighted by molar-refractivity contribution is -0.113. The van der Waals surface area contributed by atoms with Crippen LogP contribution >= 0.6 is 11.6 Å². The van der Waals surface area contributed by atoms with E-state index in [4.69, 9.17) is 16.3 Å². The zero-order valence-corrected chi connectivity index (χ0v) is 16.5. The number of likely N-dealkylation sites (N-methyl/N-ethyl adjacent to an activating group) is 1. The molecule has 1 aromatic rings. The molecule has 0 spiro atoms. The number of carbonyl (C=O) groups excluding carboxylic acids is 1. The molecule has 2 rings (SSSR count). The number of nitrogens with zero attached hydrogens (tertiary/aromatic N) is 2. The van der Waals surface area contributed by atoms with Gasteiger partial charge in [0.15, 0.2) is 0 Å². The minimum Gasteiger partial charge on any atom is -0.378 e. The molecule has 0 amide bonds. The highest BCUT2D eigenvalue weighted by molar-refractivity contribution is 6.30. The molecule has 0 aliphatic carbocycles. The van der Waals surface area contributed by atoms with Crippen LogP contribution in [0.5, 0.6) is 0 Å². The van der Waals surface area contributed by atoms with Gasteiger partial charge in [-0.2, -0.15) is 0 Å². The van der Waals surface area contributed by atoms with Crippen molar-refractivity contribution in [2.75, 3.05) is 39.8 Å². The first kappa shape index (κ1) is 21.1. The summed E-state index contributed by atoms with van der Waals surface area (Å²) in [6.07, 6.45) is 7.47. The maximum Gasteiger partial charge on any atom is 0.141 e. The lowest BCUT2D eigenvalue weighted by Crippen LogP contribution is -2.40. The highest BCUT2D eigenvalue weighted by Gasteiger charge is 2.26. The smallest absolute Gasteiger partial charge is 0.141 e. The largest absolute Gasteiger partial charge is 0.378 e. The topological polar surface area (TPSA) is 32.8 Å². The fourth-order valence-corrected chi connectivity index (χ4v) is 3.53. The fourth-order valence-electron chi connectivity index (χ4n) is 3.40. The van der Waals surface area contributed by atoms with Gasteiger partial charge in [-0.3, -0.25) is 4.90 Å². The van der Waals surface area contributed by atoms with E-state index in [0.717, 1.165) is 70.3 Å². The second-order valence-corrected chi connectivity index (χ2v) is 7.43.